The molecule has 1 fully saturated rings. The lowest BCUT2D eigenvalue weighted by Gasteiger charge is -2.14. The number of aromatic nitrogens is 1. The number of nitrogens with one attached hydrogen (secondary N) is 1. The third kappa shape index (κ3) is 5.99. The van der Waals surface area contributed by atoms with Crippen molar-refractivity contribution in [3.8, 4) is 11.1 Å². The van der Waals surface area contributed by atoms with E-state index in [-0.39, 0.29) is 36.0 Å². The number of carbonyl (C=O) groups excluding carboxylic acids is 2. The van der Waals surface area contributed by atoms with Crippen LogP contribution < -0.4 is 31.8 Å². The summed E-state index contributed by atoms with van der Waals surface area (Å²) in [4.78, 5) is 24.6. The van der Waals surface area contributed by atoms with Gasteiger partial charge in [0, 0.05) is 30.2 Å². The van der Waals surface area contributed by atoms with E-state index < -0.39 is 18.0 Å². The minimum atomic E-state index is -0.551. The highest BCUT2D eigenvalue weighted by Crippen LogP contribution is 2.28. The van der Waals surface area contributed by atoms with Crippen molar-refractivity contribution in [3.63, 3.8) is 0 Å². The monoisotopic (exact) mass is 527 g/mol. The third-order valence-corrected chi connectivity index (χ3v) is 5.57. The fourth-order valence-electron chi connectivity index (χ4n) is 4.12. The highest BCUT2D eigenvalue weighted by molar-refractivity contribution is 5.90. The highest BCUT2D eigenvalue weighted by atomic mass is 79.9. The van der Waals surface area contributed by atoms with Crippen LogP contribution in [0.5, 0.6) is 0 Å². The van der Waals surface area contributed by atoms with Crippen LogP contribution in [0.3, 0.4) is 0 Å². The van der Waals surface area contributed by atoms with Gasteiger partial charge in [-0.05, 0) is 49.7 Å². The number of carbonyl (C=O) groups is 2. The molecule has 0 aliphatic carbocycles. The maximum Gasteiger partial charge on any atom is 0.414 e. The third-order valence-electron chi connectivity index (χ3n) is 5.57. The zero-order valence-electron chi connectivity index (χ0n) is 19.3. The smallest absolute Gasteiger partial charge is 0.414 e. The Kier molecular flexibility index (Phi) is 8.04. The molecular formula is C26H27BrFN3O3. The van der Waals surface area contributed by atoms with E-state index in [2.05, 4.69) is 41.9 Å². The molecule has 1 aromatic heterocycles. The molecule has 3 aromatic rings. The van der Waals surface area contributed by atoms with Gasteiger partial charge in [0.05, 0.1) is 18.8 Å². The topological polar surface area (TPSA) is 62.5 Å². The van der Waals surface area contributed by atoms with Crippen LogP contribution in [0, 0.1) is 19.7 Å². The lowest BCUT2D eigenvalue weighted by Crippen LogP contribution is -3.00. The number of rotatable bonds is 6. The summed E-state index contributed by atoms with van der Waals surface area (Å²) in [6.07, 6.45) is 2.85. The Morgan fingerprint density at radius 1 is 1.12 bits per heavy atom. The number of pyridine rings is 1. The number of hydrogen-bond acceptors (Lipinski definition) is 3. The Bertz CT molecular complexity index is 1180. The predicted molar refractivity (Wildman–Crippen MR) is 123 cm³/mol. The molecule has 1 atom stereocenters. The number of hydrogen-bond donors (Lipinski definition) is 1. The Morgan fingerprint density at radius 3 is 2.41 bits per heavy atom. The Labute approximate surface area is 209 Å². The Morgan fingerprint density at radius 2 is 1.79 bits per heavy atom. The largest absolute Gasteiger partial charge is 1.00 e. The molecule has 0 bridgehead atoms. The van der Waals surface area contributed by atoms with Crippen molar-refractivity contribution >= 4 is 17.7 Å². The van der Waals surface area contributed by atoms with E-state index in [4.69, 9.17) is 4.74 Å². The first-order valence-corrected chi connectivity index (χ1v) is 10.9. The number of halogens is 2. The van der Waals surface area contributed by atoms with Gasteiger partial charge in [-0.15, -0.1) is 0 Å². The van der Waals surface area contributed by atoms with Gasteiger partial charge in [0.2, 0.25) is 5.91 Å². The van der Waals surface area contributed by atoms with Crippen molar-refractivity contribution in [1.82, 2.24) is 5.32 Å². The quantitative estimate of drug-likeness (QED) is 0.485. The molecule has 2 amide bonds. The maximum atomic E-state index is 15.0. The zero-order valence-corrected chi connectivity index (χ0v) is 20.9. The van der Waals surface area contributed by atoms with Crippen LogP contribution in [-0.4, -0.2) is 31.2 Å². The van der Waals surface area contributed by atoms with Crippen LogP contribution in [-0.2, 0) is 16.1 Å². The lowest BCUT2D eigenvalue weighted by atomic mass is 10.1. The second-order valence-corrected chi connectivity index (χ2v) is 8.47. The molecule has 1 aliphatic heterocycles. The molecule has 0 spiro atoms. The molecule has 4 rings (SSSR count). The van der Waals surface area contributed by atoms with Crippen molar-refractivity contribution < 1.29 is 40.3 Å². The number of nitrogens with zero attached hydrogens (tertiary/aromatic N) is 2. The average molecular weight is 528 g/mol. The fraction of sp³-hybridized carbons (Fsp3) is 0.269. The SMILES string of the molecule is CC(=O)NCC1CN(c2ccc(-c3cc[n+](Cc4cc(C)cc(C)c4)cc3)c(F)c2)C(=O)O1.[Br-]. The van der Waals surface area contributed by atoms with Gasteiger partial charge in [-0.1, -0.05) is 17.2 Å². The van der Waals surface area contributed by atoms with Gasteiger partial charge >= 0.3 is 6.09 Å². The second kappa shape index (κ2) is 10.8. The molecule has 178 valence electrons. The molecule has 0 saturated carbocycles. The molecule has 1 N–H and O–H groups in total. The van der Waals surface area contributed by atoms with Gasteiger partial charge in [-0.25, -0.2) is 13.8 Å². The van der Waals surface area contributed by atoms with E-state index in [0.717, 1.165) is 12.1 Å². The first-order chi connectivity index (χ1) is 15.8. The van der Waals surface area contributed by atoms with E-state index in [1.807, 2.05) is 24.5 Å². The molecule has 6 nitrogen and oxygen atoms in total. The van der Waals surface area contributed by atoms with Crippen molar-refractivity contribution in [2.24, 2.45) is 0 Å². The lowest BCUT2D eigenvalue weighted by molar-refractivity contribution is -0.688. The van der Waals surface area contributed by atoms with Gasteiger partial charge in [-0.2, -0.15) is 0 Å². The summed E-state index contributed by atoms with van der Waals surface area (Å²) < 4.78 is 22.3. The molecule has 2 aromatic carbocycles. The van der Waals surface area contributed by atoms with Gasteiger partial charge in [0.25, 0.3) is 0 Å². The van der Waals surface area contributed by atoms with Crippen LogP contribution in [0.2, 0.25) is 0 Å². The predicted octanol–water partition coefficient (Wildman–Crippen LogP) is 0.911. The molecule has 34 heavy (non-hydrogen) atoms. The van der Waals surface area contributed by atoms with Crippen molar-refractivity contribution in [2.45, 2.75) is 33.4 Å². The van der Waals surface area contributed by atoms with E-state index in [1.165, 1.54) is 34.6 Å². The van der Waals surface area contributed by atoms with Gasteiger partial charge < -0.3 is 27.0 Å². The number of anilines is 1. The summed E-state index contributed by atoms with van der Waals surface area (Å²) in [6.45, 7) is 6.79. The number of amides is 2. The molecule has 1 unspecified atom stereocenters. The van der Waals surface area contributed by atoms with Gasteiger partial charge in [0.1, 0.15) is 11.9 Å². The molecule has 0 radical (unpaired) electrons. The summed E-state index contributed by atoms with van der Waals surface area (Å²) in [6, 6.07) is 15.0. The van der Waals surface area contributed by atoms with E-state index in [1.54, 1.807) is 12.1 Å². The van der Waals surface area contributed by atoms with E-state index in [9.17, 15) is 14.0 Å². The average Bonchev–Trinajstić information content (AvgIpc) is 3.13. The minimum absolute atomic E-state index is 0. The molecule has 2 heterocycles. The molecule has 1 aliphatic rings. The summed E-state index contributed by atoms with van der Waals surface area (Å²) in [7, 11) is 0. The van der Waals surface area contributed by atoms with Crippen molar-refractivity contribution in [3.05, 3.63) is 83.4 Å². The van der Waals surface area contributed by atoms with Crippen molar-refractivity contribution in [1.29, 1.82) is 0 Å². The number of benzene rings is 2. The fourth-order valence-corrected chi connectivity index (χ4v) is 4.12. The molecule has 8 heteroatoms. The summed E-state index contributed by atoms with van der Waals surface area (Å²) in [5, 5.41) is 2.63. The van der Waals surface area contributed by atoms with E-state index in [0.29, 0.717) is 11.3 Å². The van der Waals surface area contributed by atoms with Crippen LogP contribution in [0.25, 0.3) is 11.1 Å². The first kappa shape index (κ1) is 25.4. The first-order valence-electron chi connectivity index (χ1n) is 10.9. The maximum absolute atomic E-state index is 15.0. The number of cyclic esters (lactones) is 1. The zero-order chi connectivity index (χ0) is 23.5. The highest BCUT2D eigenvalue weighted by Gasteiger charge is 2.32. The number of ether oxygens (including phenoxy) is 1. The van der Waals surface area contributed by atoms with E-state index >= 15 is 0 Å². The number of aryl methyl sites for hydroxylation is 2. The summed E-state index contributed by atoms with van der Waals surface area (Å²) in [5.41, 5.74) is 5.31. The normalized spacial score (nSPS) is 15.0. The molecular weight excluding hydrogens is 501 g/mol. The Hall–Kier alpha value is -3.26. The standard InChI is InChI=1S/C26H26FN3O3.BrH/c1-17-10-18(2)12-20(11-17)15-29-8-6-21(7-9-29)24-5-4-22(13-25(24)27)30-16-23(33-26(30)32)14-28-19(3)31;/h4-13,23H,14-16H2,1-3H3;1H. The second-order valence-electron chi connectivity index (χ2n) is 8.47. The van der Waals surface area contributed by atoms with Crippen LogP contribution in [0.15, 0.2) is 60.9 Å². The Balaban J connectivity index is 0.00000324. The van der Waals surface area contributed by atoms with Gasteiger partial charge in [-0.3, -0.25) is 9.69 Å². The van der Waals surface area contributed by atoms with Crippen molar-refractivity contribution in [2.75, 3.05) is 18.0 Å². The van der Waals surface area contributed by atoms with Crippen LogP contribution in [0.4, 0.5) is 14.9 Å². The summed E-state index contributed by atoms with van der Waals surface area (Å²) in [5.74, 6) is -0.615. The van der Waals surface area contributed by atoms with Crippen LogP contribution in [0.1, 0.15) is 23.6 Å². The minimum Gasteiger partial charge on any atom is -1.00 e. The molecule has 1 saturated heterocycles. The van der Waals surface area contributed by atoms with Gasteiger partial charge in [0.15, 0.2) is 18.9 Å². The van der Waals surface area contributed by atoms with Crippen LogP contribution >= 0.6 is 0 Å². The summed E-state index contributed by atoms with van der Waals surface area (Å²) >= 11 is 0.